The van der Waals surface area contributed by atoms with E-state index in [1.807, 2.05) is 6.07 Å². The van der Waals surface area contributed by atoms with E-state index in [9.17, 15) is 0 Å². The maximum absolute atomic E-state index is 6.32. The smallest absolute Gasteiger partial charge is 0.137 e. The summed E-state index contributed by atoms with van der Waals surface area (Å²) in [6.07, 6.45) is 0. The average molecular weight is 727 g/mol. The fourth-order valence-corrected chi connectivity index (χ4v) is 9.05. The van der Waals surface area contributed by atoms with Crippen LogP contribution in [-0.2, 0) is 0 Å². The summed E-state index contributed by atoms with van der Waals surface area (Å²) in [6, 6.07) is 74.4. The lowest BCUT2D eigenvalue weighted by Crippen LogP contribution is -1.94. The molecule has 0 saturated carbocycles. The third kappa shape index (κ3) is 4.92. The molecule has 9 aromatic carbocycles. The van der Waals surface area contributed by atoms with Gasteiger partial charge in [-0.05, 0) is 94.0 Å². The van der Waals surface area contributed by atoms with E-state index in [-0.39, 0.29) is 0 Å². The maximum atomic E-state index is 6.32. The molecule has 0 saturated heterocycles. The Morgan fingerprint density at radius 1 is 0.281 bits per heavy atom. The van der Waals surface area contributed by atoms with Crippen LogP contribution in [0.1, 0.15) is 0 Å². The molecule has 0 amide bonds. The number of hydrogen-bond donors (Lipinski definition) is 0. The van der Waals surface area contributed by atoms with Crippen LogP contribution < -0.4 is 0 Å². The second-order valence-corrected chi connectivity index (χ2v) is 14.9. The molecule has 0 spiro atoms. The van der Waals surface area contributed by atoms with Gasteiger partial charge in [0.1, 0.15) is 11.2 Å². The molecule has 3 nitrogen and oxygen atoms in total. The van der Waals surface area contributed by atoms with Gasteiger partial charge in [0.2, 0.25) is 0 Å². The van der Waals surface area contributed by atoms with Crippen molar-refractivity contribution in [2.75, 3.05) is 0 Å². The number of nitrogens with zero attached hydrogens (tertiary/aromatic N) is 2. The Hall–Kier alpha value is -7.62. The molecule has 0 N–H and O–H groups in total. The zero-order valence-corrected chi connectivity index (χ0v) is 30.9. The first-order valence-corrected chi connectivity index (χ1v) is 19.5. The minimum atomic E-state index is 0.906. The van der Waals surface area contributed by atoms with Crippen LogP contribution in [-0.4, -0.2) is 9.13 Å². The molecule has 0 aliphatic rings. The molecule has 266 valence electrons. The first-order valence-electron chi connectivity index (χ1n) is 19.5. The summed E-state index contributed by atoms with van der Waals surface area (Å²) in [5.74, 6) is 0. The van der Waals surface area contributed by atoms with E-state index in [2.05, 4.69) is 209 Å². The van der Waals surface area contributed by atoms with Gasteiger partial charge in [0.15, 0.2) is 0 Å². The molecule has 0 aliphatic carbocycles. The molecule has 57 heavy (non-hydrogen) atoms. The van der Waals surface area contributed by atoms with Crippen LogP contribution in [0, 0.1) is 0 Å². The van der Waals surface area contributed by atoms with Gasteiger partial charge < -0.3 is 13.6 Å². The van der Waals surface area contributed by atoms with Crippen molar-refractivity contribution in [1.29, 1.82) is 0 Å². The highest BCUT2D eigenvalue weighted by atomic mass is 16.3. The van der Waals surface area contributed by atoms with E-state index in [4.69, 9.17) is 4.42 Å². The SMILES string of the molecule is c1ccc(-c2ccc3c4ccccc4n(-c4ccc(-c5ccc(-c6ccc(-n7c8ccccc8c8ccc9oc%10ccccc%10c9c87)cc6)cc5)cc4)c3c2)cc1. The molecule has 0 fully saturated rings. The molecular weight excluding hydrogens is 693 g/mol. The molecule has 0 atom stereocenters. The number of furan rings is 1. The second kappa shape index (κ2) is 12.5. The van der Waals surface area contributed by atoms with E-state index in [1.165, 1.54) is 77.0 Å². The molecule has 12 aromatic rings. The molecule has 0 bridgehead atoms. The van der Waals surface area contributed by atoms with Gasteiger partial charge in [-0.3, -0.25) is 0 Å². The molecule has 12 rings (SSSR count). The van der Waals surface area contributed by atoms with Crippen molar-refractivity contribution in [2.45, 2.75) is 0 Å². The number of rotatable bonds is 5. The van der Waals surface area contributed by atoms with Crippen LogP contribution in [0.2, 0.25) is 0 Å². The van der Waals surface area contributed by atoms with E-state index in [0.717, 1.165) is 33.3 Å². The average Bonchev–Trinajstić information content (AvgIpc) is 3.94. The Morgan fingerprint density at radius 3 is 1.40 bits per heavy atom. The van der Waals surface area contributed by atoms with Gasteiger partial charge in [-0.15, -0.1) is 0 Å². The van der Waals surface area contributed by atoms with Gasteiger partial charge in [-0.25, -0.2) is 0 Å². The van der Waals surface area contributed by atoms with Crippen LogP contribution in [0.15, 0.2) is 211 Å². The first kappa shape index (κ1) is 31.7. The summed E-state index contributed by atoms with van der Waals surface area (Å²) in [5, 5.41) is 7.27. The van der Waals surface area contributed by atoms with E-state index in [1.54, 1.807) is 0 Å². The van der Waals surface area contributed by atoms with Crippen molar-refractivity contribution >= 4 is 65.6 Å². The van der Waals surface area contributed by atoms with Gasteiger partial charge in [0.05, 0.1) is 27.5 Å². The standard InChI is InChI=1S/C54H34N2O/c1-2-10-35(11-3-1)40-26-31-45-43-12-4-7-15-48(43)55(50(45)34-40)41-27-22-38(23-28-41)36-18-20-37(21-19-36)39-24-29-42(30-25-39)56-49-16-8-5-13-44(49)46-32-33-52-53(54(46)56)47-14-6-9-17-51(47)57-52/h1-34H. The summed E-state index contributed by atoms with van der Waals surface area (Å²) in [5.41, 5.74) is 16.1. The largest absolute Gasteiger partial charge is 0.456 e. The van der Waals surface area contributed by atoms with Gasteiger partial charge in [0.25, 0.3) is 0 Å². The minimum absolute atomic E-state index is 0.906. The first-order chi connectivity index (χ1) is 28.3. The summed E-state index contributed by atoms with van der Waals surface area (Å²) in [6.45, 7) is 0. The van der Waals surface area contributed by atoms with Crippen molar-refractivity contribution in [3.05, 3.63) is 206 Å². The Kier molecular flexibility index (Phi) is 6.93. The number of hydrogen-bond acceptors (Lipinski definition) is 1. The summed E-state index contributed by atoms with van der Waals surface area (Å²) < 4.78 is 11.1. The second-order valence-electron chi connectivity index (χ2n) is 14.9. The Balaban J connectivity index is 0.881. The lowest BCUT2D eigenvalue weighted by molar-refractivity contribution is 0.669. The normalized spacial score (nSPS) is 11.9. The predicted octanol–water partition coefficient (Wildman–Crippen LogP) is 14.8. The Morgan fingerprint density at radius 2 is 0.737 bits per heavy atom. The fraction of sp³-hybridized carbons (Fsp3) is 0. The lowest BCUT2D eigenvalue weighted by atomic mass is 10.00. The van der Waals surface area contributed by atoms with Gasteiger partial charge in [-0.1, -0.05) is 146 Å². The molecule has 0 unspecified atom stereocenters. The lowest BCUT2D eigenvalue weighted by Gasteiger charge is -2.11. The third-order valence-electron chi connectivity index (χ3n) is 11.8. The fourth-order valence-electron chi connectivity index (χ4n) is 9.05. The molecular formula is C54H34N2O. The number of benzene rings is 9. The molecule has 0 aliphatic heterocycles. The van der Waals surface area contributed by atoms with Crippen LogP contribution in [0.25, 0.3) is 110 Å². The van der Waals surface area contributed by atoms with Crippen LogP contribution in [0.5, 0.6) is 0 Å². The Bertz CT molecular complexity index is 3470. The molecule has 3 heteroatoms. The van der Waals surface area contributed by atoms with Crippen molar-refractivity contribution in [3.8, 4) is 44.8 Å². The van der Waals surface area contributed by atoms with Crippen molar-refractivity contribution in [3.63, 3.8) is 0 Å². The zero-order valence-electron chi connectivity index (χ0n) is 30.9. The van der Waals surface area contributed by atoms with Crippen LogP contribution in [0.4, 0.5) is 0 Å². The highest BCUT2D eigenvalue weighted by Crippen LogP contribution is 2.41. The number of para-hydroxylation sites is 3. The minimum Gasteiger partial charge on any atom is -0.456 e. The summed E-state index contributed by atoms with van der Waals surface area (Å²) in [7, 11) is 0. The van der Waals surface area contributed by atoms with E-state index >= 15 is 0 Å². The van der Waals surface area contributed by atoms with Gasteiger partial charge in [0, 0.05) is 38.3 Å². The van der Waals surface area contributed by atoms with Crippen molar-refractivity contribution < 1.29 is 4.42 Å². The topological polar surface area (TPSA) is 23.0 Å². The maximum Gasteiger partial charge on any atom is 0.137 e. The highest BCUT2D eigenvalue weighted by Gasteiger charge is 2.19. The van der Waals surface area contributed by atoms with E-state index < -0.39 is 0 Å². The summed E-state index contributed by atoms with van der Waals surface area (Å²) >= 11 is 0. The van der Waals surface area contributed by atoms with Gasteiger partial charge in [-0.2, -0.15) is 0 Å². The molecule has 3 aromatic heterocycles. The van der Waals surface area contributed by atoms with Crippen molar-refractivity contribution in [1.82, 2.24) is 9.13 Å². The quantitative estimate of drug-likeness (QED) is 0.173. The molecule has 3 heterocycles. The Labute approximate surface area is 328 Å². The zero-order chi connectivity index (χ0) is 37.5. The monoisotopic (exact) mass is 726 g/mol. The van der Waals surface area contributed by atoms with Crippen LogP contribution in [0.3, 0.4) is 0 Å². The van der Waals surface area contributed by atoms with E-state index in [0.29, 0.717) is 0 Å². The summed E-state index contributed by atoms with van der Waals surface area (Å²) in [4.78, 5) is 0. The number of aromatic nitrogens is 2. The predicted molar refractivity (Wildman–Crippen MR) is 239 cm³/mol. The number of fused-ring (bicyclic) bond motifs is 10. The molecule has 0 radical (unpaired) electrons. The van der Waals surface area contributed by atoms with Crippen molar-refractivity contribution in [2.24, 2.45) is 0 Å². The van der Waals surface area contributed by atoms with Gasteiger partial charge >= 0.3 is 0 Å². The highest BCUT2D eigenvalue weighted by molar-refractivity contribution is 6.24. The van der Waals surface area contributed by atoms with Crippen LogP contribution >= 0.6 is 0 Å². The third-order valence-corrected chi connectivity index (χ3v) is 11.8.